The van der Waals surface area contributed by atoms with Gasteiger partial charge >= 0.3 is 7.60 Å². The molecule has 0 unspecified atom stereocenters. The van der Waals surface area contributed by atoms with Crippen LogP contribution >= 0.6 is 18.9 Å². The minimum atomic E-state index is -3.41. The Balaban J connectivity index is 1.74. The van der Waals surface area contributed by atoms with E-state index in [9.17, 15) is 19.6 Å². The molecule has 158 valence electrons. The molecule has 0 aliphatic rings. The normalized spacial score (nSPS) is 11.4. The van der Waals surface area contributed by atoms with Crippen LogP contribution in [0.1, 0.15) is 24.2 Å². The van der Waals surface area contributed by atoms with Crippen LogP contribution in [0.5, 0.6) is 11.5 Å². The summed E-state index contributed by atoms with van der Waals surface area (Å²) in [5.74, 6) is -0.552. The number of carbonyl (C=O) groups excluding carboxylic acids is 1. The number of benzene rings is 2. The predicted octanol–water partition coefficient (Wildman–Crippen LogP) is 4.37. The second kappa shape index (κ2) is 9.40. The van der Waals surface area contributed by atoms with Gasteiger partial charge in [-0.1, -0.05) is 0 Å². The van der Waals surface area contributed by atoms with Gasteiger partial charge in [0.2, 0.25) is 0 Å². The van der Waals surface area contributed by atoms with Crippen molar-refractivity contribution in [1.82, 2.24) is 4.98 Å². The maximum absolute atomic E-state index is 12.8. The van der Waals surface area contributed by atoms with E-state index >= 15 is 0 Å². The molecule has 0 bridgehead atoms. The van der Waals surface area contributed by atoms with Crippen molar-refractivity contribution in [2.24, 2.45) is 0 Å². The molecular formula is C20H21N2O6PS. The number of phenolic OH excluding ortho intramolecular Hbond substituents is 2. The number of nitrogens with zero attached hydrogens (tertiary/aromatic N) is 1. The number of hydrogen-bond donors (Lipinski definition) is 3. The Morgan fingerprint density at radius 1 is 1.10 bits per heavy atom. The Bertz CT molecular complexity index is 1070. The Morgan fingerprint density at radius 3 is 2.37 bits per heavy atom. The summed E-state index contributed by atoms with van der Waals surface area (Å²) in [4.78, 5) is 16.8. The first-order chi connectivity index (χ1) is 14.4. The lowest BCUT2D eigenvalue weighted by Crippen LogP contribution is -2.15. The van der Waals surface area contributed by atoms with Crippen molar-refractivity contribution in [3.05, 3.63) is 53.4 Å². The zero-order valence-corrected chi connectivity index (χ0v) is 18.1. The topological polar surface area (TPSA) is 118 Å². The van der Waals surface area contributed by atoms with Gasteiger partial charge < -0.3 is 19.3 Å². The molecule has 1 aromatic heterocycles. The van der Waals surface area contributed by atoms with Crippen LogP contribution in [0.4, 0.5) is 5.13 Å². The Labute approximate surface area is 177 Å². The molecule has 0 fully saturated rings. The van der Waals surface area contributed by atoms with Crippen LogP contribution in [-0.2, 0) is 13.6 Å². The molecule has 1 amide bonds. The molecule has 0 saturated heterocycles. The summed E-state index contributed by atoms with van der Waals surface area (Å²) in [5, 5.41) is 24.5. The van der Waals surface area contributed by atoms with E-state index in [2.05, 4.69) is 10.3 Å². The van der Waals surface area contributed by atoms with Crippen LogP contribution in [0.2, 0.25) is 0 Å². The number of carbonyl (C=O) groups is 1. The smallest absolute Gasteiger partial charge is 0.361 e. The summed E-state index contributed by atoms with van der Waals surface area (Å²) < 4.78 is 23.4. The molecule has 0 atom stereocenters. The summed E-state index contributed by atoms with van der Waals surface area (Å²) in [6.45, 7) is 3.94. The fraction of sp³-hybridized carbons (Fsp3) is 0.200. The molecule has 0 aliphatic heterocycles. The highest BCUT2D eigenvalue weighted by Crippen LogP contribution is 2.46. The van der Waals surface area contributed by atoms with Gasteiger partial charge in [0, 0.05) is 22.6 Å². The second-order valence-electron chi connectivity index (χ2n) is 6.07. The highest BCUT2D eigenvalue weighted by atomic mass is 32.1. The first-order valence-electron chi connectivity index (χ1n) is 9.15. The summed E-state index contributed by atoms with van der Waals surface area (Å²) >= 11 is 1.20. The molecule has 3 rings (SSSR count). The third-order valence-electron chi connectivity index (χ3n) is 4.03. The first-order valence-corrected chi connectivity index (χ1v) is 11.6. The van der Waals surface area contributed by atoms with Gasteiger partial charge in [0.25, 0.3) is 5.91 Å². The number of nitrogens with one attached hydrogen (secondary N) is 1. The number of amides is 1. The van der Waals surface area contributed by atoms with E-state index in [1.807, 2.05) is 0 Å². The van der Waals surface area contributed by atoms with E-state index in [1.165, 1.54) is 35.6 Å². The maximum Gasteiger partial charge on any atom is 0.361 e. The van der Waals surface area contributed by atoms with E-state index in [1.54, 1.807) is 37.4 Å². The van der Waals surface area contributed by atoms with Gasteiger partial charge in [-0.15, -0.1) is 11.3 Å². The van der Waals surface area contributed by atoms with E-state index < -0.39 is 7.60 Å². The molecule has 0 saturated carbocycles. The molecule has 0 spiro atoms. The first kappa shape index (κ1) is 22.0. The fourth-order valence-electron chi connectivity index (χ4n) is 2.68. The number of anilines is 1. The van der Waals surface area contributed by atoms with Crippen molar-refractivity contribution >= 4 is 35.3 Å². The summed E-state index contributed by atoms with van der Waals surface area (Å²) in [6, 6.07) is 10.4. The molecule has 30 heavy (non-hydrogen) atoms. The van der Waals surface area contributed by atoms with Gasteiger partial charge in [-0.25, -0.2) is 4.98 Å². The van der Waals surface area contributed by atoms with Crippen LogP contribution in [0.3, 0.4) is 0 Å². The molecule has 0 aliphatic carbocycles. The molecule has 3 aromatic rings. The third-order valence-corrected chi connectivity index (χ3v) is 6.91. The molecule has 3 N–H and O–H groups in total. The number of aromatic nitrogens is 1. The van der Waals surface area contributed by atoms with Gasteiger partial charge in [0.1, 0.15) is 11.5 Å². The fourth-order valence-corrected chi connectivity index (χ4v) is 4.95. The van der Waals surface area contributed by atoms with Gasteiger partial charge in [0.05, 0.1) is 24.2 Å². The van der Waals surface area contributed by atoms with E-state index in [4.69, 9.17) is 9.05 Å². The molecule has 2 aromatic carbocycles. The highest BCUT2D eigenvalue weighted by molar-refractivity contribution is 7.62. The van der Waals surface area contributed by atoms with Gasteiger partial charge in [0.15, 0.2) is 5.13 Å². The monoisotopic (exact) mass is 448 g/mol. The molecular weight excluding hydrogens is 427 g/mol. The number of hydrogen-bond acceptors (Lipinski definition) is 8. The summed E-state index contributed by atoms with van der Waals surface area (Å²) in [7, 11) is -3.41. The number of rotatable bonds is 8. The van der Waals surface area contributed by atoms with Crippen molar-refractivity contribution in [3.8, 4) is 22.8 Å². The van der Waals surface area contributed by atoms with Crippen LogP contribution in [0.15, 0.2) is 47.8 Å². The standard InChI is InChI=1S/C20H21N2O6PS/c1-3-27-29(26,28-4-2)15-8-5-13(6-9-15)19(25)22-20-21-17(12-30-20)16-10-7-14(23)11-18(16)24/h5-12,23-24H,3-4H2,1-2H3,(H,21,22,25). The maximum atomic E-state index is 12.8. The van der Waals surface area contributed by atoms with Crippen LogP contribution < -0.4 is 10.6 Å². The molecule has 10 heteroatoms. The zero-order chi connectivity index (χ0) is 21.7. The van der Waals surface area contributed by atoms with Gasteiger partial charge in [-0.2, -0.15) is 0 Å². The highest BCUT2D eigenvalue weighted by Gasteiger charge is 2.26. The quantitative estimate of drug-likeness (QED) is 0.438. The minimum absolute atomic E-state index is 0.0540. The van der Waals surface area contributed by atoms with Crippen molar-refractivity contribution in [1.29, 1.82) is 0 Å². The van der Waals surface area contributed by atoms with Crippen molar-refractivity contribution < 1.29 is 28.6 Å². The SMILES string of the molecule is CCOP(=O)(OCC)c1ccc(C(=O)Nc2nc(-c3ccc(O)cc3O)cs2)cc1. The lowest BCUT2D eigenvalue weighted by atomic mass is 10.1. The van der Waals surface area contributed by atoms with E-state index in [-0.39, 0.29) is 30.6 Å². The van der Waals surface area contributed by atoms with E-state index in [0.29, 0.717) is 27.3 Å². The lowest BCUT2D eigenvalue weighted by Gasteiger charge is -2.17. The van der Waals surface area contributed by atoms with Crippen LogP contribution in [0, 0.1) is 0 Å². The molecule has 0 radical (unpaired) electrons. The molecule has 8 nitrogen and oxygen atoms in total. The third kappa shape index (κ3) is 4.88. The predicted molar refractivity (Wildman–Crippen MR) is 116 cm³/mol. The minimum Gasteiger partial charge on any atom is -0.508 e. The van der Waals surface area contributed by atoms with Crippen LogP contribution in [-0.4, -0.2) is 34.3 Å². The van der Waals surface area contributed by atoms with Crippen LogP contribution in [0.25, 0.3) is 11.3 Å². The van der Waals surface area contributed by atoms with Gasteiger partial charge in [-0.3, -0.25) is 14.7 Å². The Morgan fingerprint density at radius 2 is 1.77 bits per heavy atom. The summed E-state index contributed by atoms with van der Waals surface area (Å²) in [5.41, 5.74) is 1.26. The number of phenols is 2. The Kier molecular flexibility index (Phi) is 6.89. The number of aromatic hydroxyl groups is 2. The number of thiazole rings is 1. The molecule has 1 heterocycles. The largest absolute Gasteiger partial charge is 0.508 e. The van der Waals surface area contributed by atoms with E-state index in [0.717, 1.165) is 0 Å². The van der Waals surface area contributed by atoms with Crippen molar-refractivity contribution in [2.75, 3.05) is 18.5 Å². The second-order valence-corrected chi connectivity index (χ2v) is 8.96. The lowest BCUT2D eigenvalue weighted by molar-refractivity contribution is 0.102. The average molecular weight is 448 g/mol. The van der Waals surface area contributed by atoms with Gasteiger partial charge in [-0.05, 0) is 50.2 Å². The average Bonchev–Trinajstić information content (AvgIpc) is 3.16. The Hall–Kier alpha value is -2.71. The zero-order valence-electron chi connectivity index (χ0n) is 16.4. The van der Waals surface area contributed by atoms with Crippen molar-refractivity contribution in [3.63, 3.8) is 0 Å². The summed E-state index contributed by atoms with van der Waals surface area (Å²) in [6.07, 6.45) is 0. The van der Waals surface area contributed by atoms with Crippen molar-refractivity contribution in [2.45, 2.75) is 13.8 Å².